The Labute approximate surface area is 137 Å². The van der Waals surface area contributed by atoms with E-state index in [0.717, 1.165) is 36.9 Å². The van der Waals surface area contributed by atoms with Crippen LogP contribution in [-0.2, 0) is 6.42 Å². The standard InChI is InChI=1S/C17H28BrN3/c1-4-15(19)11-13-10-14(18)6-7-17(13)21-9-8-20(3)16(5-2)12-21/h6-7,10,15-16H,4-5,8-9,11-12,19H2,1-3H3. The predicted octanol–water partition coefficient (Wildman–Crippen LogP) is 3.26. The average Bonchev–Trinajstić information content (AvgIpc) is 2.48. The van der Waals surface area contributed by atoms with Gasteiger partial charge in [-0.2, -0.15) is 0 Å². The monoisotopic (exact) mass is 353 g/mol. The molecule has 0 aromatic heterocycles. The molecule has 0 radical (unpaired) electrons. The molecular weight excluding hydrogens is 326 g/mol. The molecule has 1 aliphatic rings. The van der Waals surface area contributed by atoms with Gasteiger partial charge < -0.3 is 10.6 Å². The van der Waals surface area contributed by atoms with Crippen molar-refractivity contribution in [3.8, 4) is 0 Å². The Hall–Kier alpha value is -0.580. The molecular formula is C17H28BrN3. The fraction of sp³-hybridized carbons (Fsp3) is 0.647. The maximum absolute atomic E-state index is 6.19. The van der Waals surface area contributed by atoms with Crippen molar-refractivity contribution in [3.05, 3.63) is 28.2 Å². The smallest absolute Gasteiger partial charge is 0.0401 e. The van der Waals surface area contributed by atoms with Gasteiger partial charge >= 0.3 is 0 Å². The van der Waals surface area contributed by atoms with Crippen molar-refractivity contribution < 1.29 is 0 Å². The maximum atomic E-state index is 6.19. The van der Waals surface area contributed by atoms with Crippen LogP contribution in [0.2, 0.25) is 0 Å². The van der Waals surface area contributed by atoms with E-state index in [2.05, 4.69) is 64.8 Å². The molecule has 0 saturated carbocycles. The number of rotatable bonds is 5. The van der Waals surface area contributed by atoms with E-state index in [4.69, 9.17) is 5.73 Å². The van der Waals surface area contributed by atoms with Gasteiger partial charge in [0.2, 0.25) is 0 Å². The average molecular weight is 354 g/mol. The molecule has 2 unspecified atom stereocenters. The summed E-state index contributed by atoms with van der Waals surface area (Å²) in [6, 6.07) is 7.53. The van der Waals surface area contributed by atoms with E-state index in [0.29, 0.717) is 6.04 Å². The molecule has 2 rings (SSSR count). The van der Waals surface area contributed by atoms with Crippen LogP contribution >= 0.6 is 15.9 Å². The Kier molecular flexibility index (Phi) is 6.08. The number of piperazine rings is 1. The van der Waals surface area contributed by atoms with Crippen LogP contribution in [0.1, 0.15) is 32.3 Å². The summed E-state index contributed by atoms with van der Waals surface area (Å²) in [5, 5.41) is 0. The zero-order valence-electron chi connectivity index (χ0n) is 13.5. The normalized spacial score (nSPS) is 21.6. The third-order valence-electron chi connectivity index (χ3n) is 4.64. The lowest BCUT2D eigenvalue weighted by Gasteiger charge is -2.41. The van der Waals surface area contributed by atoms with Gasteiger partial charge in [-0.05, 0) is 50.1 Å². The van der Waals surface area contributed by atoms with E-state index >= 15 is 0 Å². The SMILES string of the molecule is CCC(N)Cc1cc(Br)ccc1N1CCN(C)C(CC)C1. The van der Waals surface area contributed by atoms with Crippen LogP contribution < -0.4 is 10.6 Å². The summed E-state index contributed by atoms with van der Waals surface area (Å²) in [4.78, 5) is 5.02. The van der Waals surface area contributed by atoms with Gasteiger partial charge in [-0.3, -0.25) is 4.90 Å². The molecule has 1 fully saturated rings. The van der Waals surface area contributed by atoms with Crippen molar-refractivity contribution in [2.45, 2.75) is 45.2 Å². The minimum Gasteiger partial charge on any atom is -0.368 e. The summed E-state index contributed by atoms with van der Waals surface area (Å²) in [7, 11) is 2.24. The summed E-state index contributed by atoms with van der Waals surface area (Å²) in [6.45, 7) is 7.78. The molecule has 0 bridgehead atoms. The first-order valence-electron chi connectivity index (χ1n) is 8.04. The zero-order valence-corrected chi connectivity index (χ0v) is 15.1. The Morgan fingerprint density at radius 1 is 1.33 bits per heavy atom. The Morgan fingerprint density at radius 3 is 2.76 bits per heavy atom. The van der Waals surface area contributed by atoms with E-state index in [1.54, 1.807) is 0 Å². The number of likely N-dealkylation sites (N-methyl/N-ethyl adjacent to an activating group) is 1. The second-order valence-corrected chi connectivity index (χ2v) is 7.05. The highest BCUT2D eigenvalue weighted by molar-refractivity contribution is 9.10. The summed E-state index contributed by atoms with van der Waals surface area (Å²) in [5.74, 6) is 0. The summed E-state index contributed by atoms with van der Waals surface area (Å²) >= 11 is 3.60. The first-order chi connectivity index (χ1) is 10.0. The third-order valence-corrected chi connectivity index (χ3v) is 5.13. The van der Waals surface area contributed by atoms with Crippen LogP contribution in [0.4, 0.5) is 5.69 Å². The van der Waals surface area contributed by atoms with Crippen molar-refractivity contribution in [3.63, 3.8) is 0 Å². The van der Waals surface area contributed by atoms with Gasteiger partial charge in [0, 0.05) is 41.9 Å². The van der Waals surface area contributed by atoms with Gasteiger partial charge in [0.15, 0.2) is 0 Å². The molecule has 4 heteroatoms. The van der Waals surface area contributed by atoms with E-state index in [-0.39, 0.29) is 6.04 Å². The number of nitrogens with two attached hydrogens (primary N) is 1. The number of halogens is 1. The minimum atomic E-state index is 0.243. The third kappa shape index (κ3) is 4.21. The van der Waals surface area contributed by atoms with Crippen LogP contribution in [0.15, 0.2) is 22.7 Å². The molecule has 1 aromatic rings. The fourth-order valence-corrected chi connectivity index (χ4v) is 3.47. The second-order valence-electron chi connectivity index (χ2n) is 6.13. The topological polar surface area (TPSA) is 32.5 Å². The predicted molar refractivity (Wildman–Crippen MR) is 95.0 cm³/mol. The fourth-order valence-electron chi connectivity index (χ4n) is 3.06. The Balaban J connectivity index is 2.22. The van der Waals surface area contributed by atoms with E-state index in [9.17, 15) is 0 Å². The number of anilines is 1. The lowest BCUT2D eigenvalue weighted by Crippen LogP contribution is -2.51. The molecule has 1 heterocycles. The quantitative estimate of drug-likeness (QED) is 0.881. The van der Waals surface area contributed by atoms with Gasteiger partial charge in [-0.15, -0.1) is 0 Å². The highest BCUT2D eigenvalue weighted by atomic mass is 79.9. The minimum absolute atomic E-state index is 0.243. The second kappa shape index (κ2) is 7.61. The van der Waals surface area contributed by atoms with Crippen LogP contribution in [0.3, 0.4) is 0 Å². The first-order valence-corrected chi connectivity index (χ1v) is 8.83. The van der Waals surface area contributed by atoms with Gasteiger partial charge in [-0.1, -0.05) is 29.8 Å². The van der Waals surface area contributed by atoms with E-state index in [1.807, 2.05) is 0 Å². The zero-order chi connectivity index (χ0) is 15.4. The molecule has 1 aromatic carbocycles. The Bertz CT molecular complexity index is 463. The molecule has 0 aliphatic carbocycles. The van der Waals surface area contributed by atoms with Crippen molar-refractivity contribution in [1.82, 2.24) is 4.90 Å². The molecule has 0 spiro atoms. The van der Waals surface area contributed by atoms with Gasteiger partial charge in [-0.25, -0.2) is 0 Å². The molecule has 1 aliphatic heterocycles. The molecule has 1 saturated heterocycles. The van der Waals surface area contributed by atoms with Crippen LogP contribution in [-0.4, -0.2) is 43.7 Å². The largest absolute Gasteiger partial charge is 0.368 e. The van der Waals surface area contributed by atoms with Gasteiger partial charge in [0.25, 0.3) is 0 Å². The van der Waals surface area contributed by atoms with Crippen LogP contribution in [0, 0.1) is 0 Å². The van der Waals surface area contributed by atoms with E-state index < -0.39 is 0 Å². The van der Waals surface area contributed by atoms with Crippen molar-refractivity contribution >= 4 is 21.6 Å². The molecule has 2 atom stereocenters. The van der Waals surface area contributed by atoms with Crippen molar-refractivity contribution in [1.29, 1.82) is 0 Å². The van der Waals surface area contributed by atoms with Crippen LogP contribution in [0.5, 0.6) is 0 Å². The summed E-state index contributed by atoms with van der Waals surface area (Å²) in [6.07, 6.45) is 3.17. The maximum Gasteiger partial charge on any atom is 0.0401 e. The number of hydrogen-bond donors (Lipinski definition) is 1. The van der Waals surface area contributed by atoms with Crippen molar-refractivity contribution in [2.75, 3.05) is 31.6 Å². The summed E-state index contributed by atoms with van der Waals surface area (Å²) < 4.78 is 1.14. The van der Waals surface area contributed by atoms with E-state index in [1.165, 1.54) is 17.7 Å². The number of nitrogens with zero attached hydrogens (tertiary/aromatic N) is 2. The molecule has 3 nitrogen and oxygen atoms in total. The lowest BCUT2D eigenvalue weighted by molar-refractivity contribution is 0.213. The highest BCUT2D eigenvalue weighted by Gasteiger charge is 2.24. The lowest BCUT2D eigenvalue weighted by atomic mass is 10.0. The number of benzene rings is 1. The summed E-state index contributed by atoms with van der Waals surface area (Å²) in [5.41, 5.74) is 8.93. The van der Waals surface area contributed by atoms with Crippen molar-refractivity contribution in [2.24, 2.45) is 5.73 Å². The van der Waals surface area contributed by atoms with Gasteiger partial charge in [0.1, 0.15) is 0 Å². The van der Waals surface area contributed by atoms with Crippen LogP contribution in [0.25, 0.3) is 0 Å². The number of hydrogen-bond acceptors (Lipinski definition) is 3. The molecule has 2 N–H and O–H groups in total. The first kappa shape index (κ1) is 16.8. The van der Waals surface area contributed by atoms with Gasteiger partial charge in [0.05, 0.1) is 0 Å². The Morgan fingerprint density at radius 2 is 2.10 bits per heavy atom. The molecule has 21 heavy (non-hydrogen) atoms. The molecule has 0 amide bonds. The highest BCUT2D eigenvalue weighted by Crippen LogP contribution is 2.28. The molecule has 118 valence electrons.